The van der Waals surface area contributed by atoms with Crippen molar-refractivity contribution in [3.05, 3.63) is 35.8 Å². The lowest BCUT2D eigenvalue weighted by Gasteiger charge is -2.11. The van der Waals surface area contributed by atoms with E-state index in [0.717, 1.165) is 43.2 Å². The van der Waals surface area contributed by atoms with E-state index in [-0.39, 0.29) is 0 Å². The largest absolute Gasteiger partial charge is 0.490 e. The molecule has 1 N–H and O–H groups in total. The van der Waals surface area contributed by atoms with Gasteiger partial charge in [0.05, 0.1) is 12.3 Å². The molecule has 0 radical (unpaired) electrons. The van der Waals surface area contributed by atoms with E-state index in [1.807, 2.05) is 23.7 Å². The topological polar surface area (TPSA) is 52.0 Å². The third kappa shape index (κ3) is 4.48. The summed E-state index contributed by atoms with van der Waals surface area (Å²) < 4.78 is 7.73. The maximum atomic E-state index is 5.68. The Balaban J connectivity index is 1.82. The quantitative estimate of drug-likeness (QED) is 0.758. The normalized spacial score (nSPS) is 10.6. The standard InChI is InChI=1S/C16H24N4O/c1-4-11-21-15-7-5-8-17-16(15)18-9-6-10-20-14(3)12-13(2)19-20/h5,7-8,12H,4,6,9-11H2,1-3H3,(H,17,18). The molecule has 0 amide bonds. The first-order chi connectivity index (χ1) is 10.2. The van der Waals surface area contributed by atoms with E-state index in [4.69, 9.17) is 4.74 Å². The number of rotatable bonds is 8. The Morgan fingerprint density at radius 3 is 2.90 bits per heavy atom. The van der Waals surface area contributed by atoms with Gasteiger partial charge in [-0.15, -0.1) is 0 Å². The van der Waals surface area contributed by atoms with Gasteiger partial charge in [-0.2, -0.15) is 5.10 Å². The molecule has 0 atom stereocenters. The molecular weight excluding hydrogens is 264 g/mol. The zero-order valence-corrected chi connectivity index (χ0v) is 13.1. The molecule has 114 valence electrons. The molecule has 2 rings (SSSR count). The lowest BCUT2D eigenvalue weighted by atomic mass is 10.3. The number of aromatic nitrogens is 3. The molecule has 2 aromatic rings. The van der Waals surface area contributed by atoms with Gasteiger partial charge in [-0.1, -0.05) is 6.92 Å². The summed E-state index contributed by atoms with van der Waals surface area (Å²) in [6.07, 6.45) is 3.76. The molecule has 0 aliphatic heterocycles. The van der Waals surface area contributed by atoms with Crippen molar-refractivity contribution < 1.29 is 4.74 Å². The lowest BCUT2D eigenvalue weighted by Crippen LogP contribution is -2.10. The molecule has 0 saturated heterocycles. The molecule has 0 spiro atoms. The molecule has 21 heavy (non-hydrogen) atoms. The van der Waals surface area contributed by atoms with E-state index in [9.17, 15) is 0 Å². The minimum absolute atomic E-state index is 0.714. The monoisotopic (exact) mass is 288 g/mol. The average molecular weight is 288 g/mol. The Morgan fingerprint density at radius 1 is 1.33 bits per heavy atom. The molecule has 5 heteroatoms. The molecule has 0 saturated carbocycles. The Kier molecular flexibility index (Phi) is 5.60. The van der Waals surface area contributed by atoms with Crippen molar-refractivity contribution in [2.24, 2.45) is 0 Å². The van der Waals surface area contributed by atoms with Crippen molar-refractivity contribution in [1.29, 1.82) is 0 Å². The van der Waals surface area contributed by atoms with Gasteiger partial charge in [-0.05, 0) is 44.9 Å². The van der Waals surface area contributed by atoms with E-state index in [2.05, 4.69) is 35.3 Å². The number of hydrogen-bond acceptors (Lipinski definition) is 4. The number of ether oxygens (including phenoxy) is 1. The van der Waals surface area contributed by atoms with Crippen LogP contribution in [0.25, 0.3) is 0 Å². The summed E-state index contributed by atoms with van der Waals surface area (Å²) in [6, 6.07) is 5.95. The van der Waals surface area contributed by atoms with E-state index >= 15 is 0 Å². The number of nitrogens with zero attached hydrogens (tertiary/aromatic N) is 3. The van der Waals surface area contributed by atoms with Gasteiger partial charge in [0.1, 0.15) is 0 Å². The number of hydrogen-bond donors (Lipinski definition) is 1. The first kappa shape index (κ1) is 15.4. The summed E-state index contributed by atoms with van der Waals surface area (Å²) in [6.45, 7) is 8.67. The maximum absolute atomic E-state index is 5.68. The number of nitrogens with one attached hydrogen (secondary N) is 1. The maximum Gasteiger partial charge on any atom is 0.168 e. The third-order valence-electron chi connectivity index (χ3n) is 3.17. The van der Waals surface area contributed by atoms with Crippen molar-refractivity contribution in [3.63, 3.8) is 0 Å². The molecule has 0 bridgehead atoms. The SMILES string of the molecule is CCCOc1cccnc1NCCCn1nc(C)cc1C. The fraction of sp³-hybridized carbons (Fsp3) is 0.500. The second kappa shape index (κ2) is 7.67. The molecule has 0 aliphatic rings. The predicted molar refractivity (Wildman–Crippen MR) is 84.8 cm³/mol. The van der Waals surface area contributed by atoms with Gasteiger partial charge in [0.25, 0.3) is 0 Å². The summed E-state index contributed by atoms with van der Waals surface area (Å²) >= 11 is 0. The minimum atomic E-state index is 0.714. The summed E-state index contributed by atoms with van der Waals surface area (Å²) in [4.78, 5) is 4.34. The van der Waals surface area contributed by atoms with Gasteiger partial charge < -0.3 is 10.1 Å². The average Bonchev–Trinajstić information content (AvgIpc) is 2.80. The summed E-state index contributed by atoms with van der Waals surface area (Å²) in [5.74, 6) is 1.64. The Hall–Kier alpha value is -2.04. The van der Waals surface area contributed by atoms with Crippen molar-refractivity contribution in [2.75, 3.05) is 18.5 Å². The van der Waals surface area contributed by atoms with Crippen molar-refractivity contribution in [1.82, 2.24) is 14.8 Å². The second-order valence-corrected chi connectivity index (χ2v) is 5.13. The molecule has 0 fully saturated rings. The lowest BCUT2D eigenvalue weighted by molar-refractivity contribution is 0.317. The highest BCUT2D eigenvalue weighted by Crippen LogP contribution is 2.20. The molecule has 0 aliphatic carbocycles. The van der Waals surface area contributed by atoms with E-state index in [1.54, 1.807) is 6.20 Å². The van der Waals surface area contributed by atoms with Crippen LogP contribution >= 0.6 is 0 Å². The van der Waals surface area contributed by atoms with Gasteiger partial charge in [0.15, 0.2) is 11.6 Å². The Labute approximate surface area is 126 Å². The first-order valence-corrected chi connectivity index (χ1v) is 7.53. The van der Waals surface area contributed by atoms with E-state index in [1.165, 1.54) is 5.69 Å². The fourth-order valence-corrected chi connectivity index (χ4v) is 2.19. The molecule has 0 unspecified atom stereocenters. The van der Waals surface area contributed by atoms with Crippen LogP contribution in [0.2, 0.25) is 0 Å². The van der Waals surface area contributed by atoms with Gasteiger partial charge in [-0.25, -0.2) is 4.98 Å². The highest BCUT2D eigenvalue weighted by atomic mass is 16.5. The van der Waals surface area contributed by atoms with E-state index in [0.29, 0.717) is 6.61 Å². The first-order valence-electron chi connectivity index (χ1n) is 7.53. The molecule has 0 aromatic carbocycles. The Bertz CT molecular complexity index is 565. The zero-order chi connectivity index (χ0) is 15.1. The molecular formula is C16H24N4O. The highest BCUT2D eigenvalue weighted by molar-refractivity contribution is 5.49. The van der Waals surface area contributed by atoms with Crippen LogP contribution in [0.3, 0.4) is 0 Å². The van der Waals surface area contributed by atoms with Gasteiger partial charge in [-0.3, -0.25) is 4.68 Å². The van der Waals surface area contributed by atoms with Crippen molar-refractivity contribution in [2.45, 2.75) is 40.2 Å². The number of pyridine rings is 1. The van der Waals surface area contributed by atoms with Crippen LogP contribution in [-0.4, -0.2) is 27.9 Å². The molecule has 5 nitrogen and oxygen atoms in total. The van der Waals surface area contributed by atoms with Gasteiger partial charge >= 0.3 is 0 Å². The predicted octanol–water partition coefficient (Wildman–Crippen LogP) is 3.19. The minimum Gasteiger partial charge on any atom is -0.490 e. The van der Waals surface area contributed by atoms with E-state index < -0.39 is 0 Å². The van der Waals surface area contributed by atoms with Crippen LogP contribution in [-0.2, 0) is 6.54 Å². The van der Waals surface area contributed by atoms with Crippen LogP contribution < -0.4 is 10.1 Å². The summed E-state index contributed by atoms with van der Waals surface area (Å²) in [5.41, 5.74) is 2.28. The van der Waals surface area contributed by atoms with Crippen LogP contribution in [0, 0.1) is 13.8 Å². The van der Waals surface area contributed by atoms with Crippen LogP contribution in [0.5, 0.6) is 5.75 Å². The van der Waals surface area contributed by atoms with Gasteiger partial charge in [0.2, 0.25) is 0 Å². The number of aryl methyl sites for hydroxylation is 3. The second-order valence-electron chi connectivity index (χ2n) is 5.13. The van der Waals surface area contributed by atoms with Gasteiger partial charge in [0, 0.05) is 25.0 Å². The Morgan fingerprint density at radius 2 is 2.19 bits per heavy atom. The molecule has 2 heterocycles. The third-order valence-corrected chi connectivity index (χ3v) is 3.17. The summed E-state index contributed by atoms with van der Waals surface area (Å²) in [5, 5.41) is 7.80. The number of anilines is 1. The fourth-order valence-electron chi connectivity index (χ4n) is 2.19. The molecule has 2 aromatic heterocycles. The van der Waals surface area contributed by atoms with Crippen molar-refractivity contribution >= 4 is 5.82 Å². The van der Waals surface area contributed by atoms with Crippen LogP contribution in [0.1, 0.15) is 31.2 Å². The zero-order valence-electron chi connectivity index (χ0n) is 13.1. The summed E-state index contributed by atoms with van der Waals surface area (Å²) in [7, 11) is 0. The van der Waals surface area contributed by atoms with Crippen LogP contribution in [0.15, 0.2) is 24.4 Å². The highest BCUT2D eigenvalue weighted by Gasteiger charge is 2.04. The van der Waals surface area contributed by atoms with Crippen molar-refractivity contribution in [3.8, 4) is 5.75 Å². The van der Waals surface area contributed by atoms with Crippen LogP contribution in [0.4, 0.5) is 5.82 Å². The smallest absolute Gasteiger partial charge is 0.168 e.